The van der Waals surface area contributed by atoms with Crippen molar-refractivity contribution in [2.75, 3.05) is 23.7 Å². The molecule has 2 aromatic carbocycles. The Kier molecular flexibility index (Phi) is 4.91. The van der Waals surface area contributed by atoms with Crippen LogP contribution in [0, 0.1) is 6.92 Å². The number of hydrogen-bond acceptors (Lipinski definition) is 3. The molecule has 0 atom stereocenters. The Balaban J connectivity index is 1.53. The van der Waals surface area contributed by atoms with Crippen LogP contribution in [0.3, 0.4) is 0 Å². The number of hydrogen-bond donors (Lipinski definition) is 0. The number of nitrogens with zero attached hydrogens (tertiary/aromatic N) is 2. The fourth-order valence-electron chi connectivity index (χ4n) is 3.86. The van der Waals surface area contributed by atoms with Gasteiger partial charge in [-0.25, -0.2) is 0 Å². The zero-order valence-electron chi connectivity index (χ0n) is 15.2. The summed E-state index contributed by atoms with van der Waals surface area (Å²) in [5.41, 5.74) is 2.66. The van der Waals surface area contributed by atoms with Crippen LogP contribution in [0.5, 0.6) is 0 Å². The van der Waals surface area contributed by atoms with Crippen molar-refractivity contribution in [2.24, 2.45) is 0 Å². The zero-order valence-corrected chi connectivity index (χ0v) is 16.7. The van der Waals surface area contributed by atoms with Crippen LogP contribution < -0.4 is 4.90 Å². The van der Waals surface area contributed by atoms with Crippen molar-refractivity contribution in [3.63, 3.8) is 0 Å². The van der Waals surface area contributed by atoms with Gasteiger partial charge in [-0.1, -0.05) is 41.4 Å². The summed E-state index contributed by atoms with van der Waals surface area (Å²) in [5.74, 6) is 0.605. The minimum absolute atomic E-state index is 0.0355. The number of piperidine rings is 1. The number of thioether (sulfide) groups is 1. The molecule has 2 aliphatic rings. The van der Waals surface area contributed by atoms with Crippen LogP contribution in [-0.2, 0) is 4.79 Å². The van der Waals surface area contributed by atoms with Crippen molar-refractivity contribution in [1.29, 1.82) is 0 Å². The Morgan fingerprint density at radius 3 is 2.41 bits per heavy atom. The Morgan fingerprint density at radius 2 is 1.74 bits per heavy atom. The van der Waals surface area contributed by atoms with Crippen molar-refractivity contribution in [3.05, 3.63) is 64.7 Å². The summed E-state index contributed by atoms with van der Waals surface area (Å²) < 4.78 is 0. The van der Waals surface area contributed by atoms with E-state index in [9.17, 15) is 9.59 Å². The molecule has 140 valence electrons. The molecule has 4 nitrogen and oxygen atoms in total. The second-order valence-electron chi connectivity index (χ2n) is 7.07. The standard InChI is InChI=1S/C21H21ClN2O2S/c1-15-6-8-16(9-7-15)24-19(25)14-27-21(24)10-12-23(13-11-21)20(26)17-4-2-3-5-18(17)22/h2-9H,10-14H2,1H3. The number of likely N-dealkylation sites (tertiary alicyclic amines) is 1. The molecule has 0 unspecified atom stereocenters. The molecular formula is C21H21ClN2O2S. The number of aryl methyl sites for hydroxylation is 1. The van der Waals surface area contributed by atoms with E-state index in [1.54, 1.807) is 23.9 Å². The van der Waals surface area contributed by atoms with Crippen molar-refractivity contribution >= 4 is 40.9 Å². The summed E-state index contributed by atoms with van der Waals surface area (Å²) >= 11 is 7.90. The summed E-state index contributed by atoms with van der Waals surface area (Å²) in [6, 6.07) is 15.3. The first-order chi connectivity index (χ1) is 13.0. The maximum absolute atomic E-state index is 12.8. The molecule has 2 aromatic rings. The van der Waals surface area contributed by atoms with E-state index in [2.05, 4.69) is 0 Å². The normalized spacial score (nSPS) is 19.0. The highest BCUT2D eigenvalue weighted by atomic mass is 35.5. The monoisotopic (exact) mass is 400 g/mol. The maximum atomic E-state index is 12.8. The van der Waals surface area contributed by atoms with E-state index in [1.165, 1.54) is 5.56 Å². The lowest BCUT2D eigenvalue weighted by molar-refractivity contribution is -0.116. The predicted octanol–water partition coefficient (Wildman–Crippen LogP) is 4.36. The molecule has 0 aromatic heterocycles. The van der Waals surface area contributed by atoms with Crippen LogP contribution in [0.1, 0.15) is 28.8 Å². The Hall–Kier alpha value is -1.98. The van der Waals surface area contributed by atoms with E-state index in [4.69, 9.17) is 11.6 Å². The first-order valence-corrected chi connectivity index (χ1v) is 10.4. The fourth-order valence-corrected chi connectivity index (χ4v) is 5.40. The lowest BCUT2D eigenvalue weighted by Gasteiger charge is -2.44. The molecule has 2 heterocycles. The SMILES string of the molecule is Cc1ccc(N2C(=O)CSC23CCN(C(=O)c2ccccc2Cl)CC3)cc1. The fraction of sp³-hybridized carbons (Fsp3) is 0.333. The second-order valence-corrected chi connectivity index (χ2v) is 8.82. The summed E-state index contributed by atoms with van der Waals surface area (Å²) in [7, 11) is 0. The molecule has 2 aliphatic heterocycles. The van der Waals surface area contributed by atoms with Crippen molar-refractivity contribution in [3.8, 4) is 0 Å². The van der Waals surface area contributed by atoms with Gasteiger partial charge in [0.25, 0.3) is 5.91 Å². The molecule has 6 heteroatoms. The second kappa shape index (κ2) is 7.21. The lowest BCUT2D eigenvalue weighted by atomic mass is 10.00. The van der Waals surface area contributed by atoms with Gasteiger partial charge in [0.2, 0.25) is 5.91 Å². The molecule has 0 bridgehead atoms. The zero-order chi connectivity index (χ0) is 19.0. The van der Waals surface area contributed by atoms with Gasteiger partial charge in [-0.15, -0.1) is 11.8 Å². The van der Waals surface area contributed by atoms with E-state index in [0.29, 0.717) is 29.4 Å². The highest BCUT2D eigenvalue weighted by Gasteiger charge is 2.49. The van der Waals surface area contributed by atoms with Crippen LogP contribution in [0.2, 0.25) is 5.02 Å². The van der Waals surface area contributed by atoms with E-state index in [0.717, 1.165) is 18.5 Å². The van der Waals surface area contributed by atoms with E-state index in [-0.39, 0.29) is 16.7 Å². The molecule has 0 saturated carbocycles. The minimum Gasteiger partial charge on any atom is -0.338 e. The molecule has 2 fully saturated rings. The van der Waals surface area contributed by atoms with Gasteiger partial charge >= 0.3 is 0 Å². The molecule has 2 amide bonds. The Bertz CT molecular complexity index is 876. The Labute approximate surface area is 168 Å². The van der Waals surface area contributed by atoms with Crippen LogP contribution in [0.4, 0.5) is 5.69 Å². The topological polar surface area (TPSA) is 40.6 Å². The molecule has 2 saturated heterocycles. The highest BCUT2D eigenvalue weighted by Crippen LogP contribution is 2.47. The summed E-state index contributed by atoms with van der Waals surface area (Å²) in [5, 5.41) is 0.481. The minimum atomic E-state index is -0.260. The molecule has 27 heavy (non-hydrogen) atoms. The molecule has 1 spiro atoms. The number of anilines is 1. The number of benzene rings is 2. The van der Waals surface area contributed by atoms with Crippen LogP contribution in [-0.4, -0.2) is 40.4 Å². The van der Waals surface area contributed by atoms with Crippen LogP contribution in [0.25, 0.3) is 0 Å². The number of carbonyl (C=O) groups is 2. The van der Waals surface area contributed by atoms with Gasteiger partial charge in [-0.3, -0.25) is 14.5 Å². The van der Waals surface area contributed by atoms with E-state index >= 15 is 0 Å². The Morgan fingerprint density at radius 1 is 1.07 bits per heavy atom. The number of amides is 2. The van der Waals surface area contributed by atoms with Gasteiger partial charge in [-0.2, -0.15) is 0 Å². The first kappa shape index (κ1) is 18.4. The average Bonchev–Trinajstić information content (AvgIpc) is 2.99. The molecule has 0 aliphatic carbocycles. The molecule has 4 rings (SSSR count). The van der Waals surface area contributed by atoms with E-state index in [1.807, 2.05) is 53.1 Å². The maximum Gasteiger partial charge on any atom is 0.255 e. The van der Waals surface area contributed by atoms with Gasteiger partial charge in [0.15, 0.2) is 0 Å². The quantitative estimate of drug-likeness (QED) is 0.751. The smallest absolute Gasteiger partial charge is 0.255 e. The third-order valence-corrected chi connectivity index (χ3v) is 7.20. The van der Waals surface area contributed by atoms with Gasteiger partial charge in [-0.05, 0) is 44.0 Å². The van der Waals surface area contributed by atoms with Gasteiger partial charge < -0.3 is 4.90 Å². The van der Waals surface area contributed by atoms with Crippen molar-refractivity contribution < 1.29 is 9.59 Å². The van der Waals surface area contributed by atoms with Gasteiger partial charge in [0.1, 0.15) is 0 Å². The van der Waals surface area contributed by atoms with Gasteiger partial charge in [0.05, 0.1) is 21.2 Å². The van der Waals surface area contributed by atoms with Crippen LogP contribution >= 0.6 is 23.4 Å². The summed E-state index contributed by atoms with van der Waals surface area (Å²) in [4.78, 5) is 29.0. The van der Waals surface area contributed by atoms with Crippen LogP contribution in [0.15, 0.2) is 48.5 Å². The van der Waals surface area contributed by atoms with Crippen molar-refractivity contribution in [1.82, 2.24) is 4.90 Å². The number of halogens is 1. The average molecular weight is 401 g/mol. The number of carbonyl (C=O) groups excluding carboxylic acids is 2. The first-order valence-electron chi connectivity index (χ1n) is 9.08. The molecule has 0 radical (unpaired) electrons. The van der Waals surface area contributed by atoms with Crippen molar-refractivity contribution in [2.45, 2.75) is 24.6 Å². The highest BCUT2D eigenvalue weighted by molar-refractivity contribution is 8.02. The predicted molar refractivity (Wildman–Crippen MR) is 110 cm³/mol. The molecule has 0 N–H and O–H groups in total. The third-order valence-electron chi connectivity index (χ3n) is 5.35. The lowest BCUT2D eigenvalue weighted by Crippen LogP contribution is -2.53. The van der Waals surface area contributed by atoms with E-state index < -0.39 is 0 Å². The summed E-state index contributed by atoms with van der Waals surface area (Å²) in [6.45, 7) is 3.28. The van der Waals surface area contributed by atoms with Gasteiger partial charge in [0, 0.05) is 18.8 Å². The largest absolute Gasteiger partial charge is 0.338 e. The summed E-state index contributed by atoms with van der Waals surface area (Å²) in [6.07, 6.45) is 1.51. The molecular weight excluding hydrogens is 380 g/mol. The third kappa shape index (κ3) is 3.34. The number of rotatable bonds is 2.